The van der Waals surface area contributed by atoms with Gasteiger partial charge in [-0.3, -0.25) is 4.79 Å². The van der Waals surface area contributed by atoms with E-state index in [0.29, 0.717) is 11.2 Å². The quantitative estimate of drug-likeness (QED) is 0.665. The Balaban J connectivity index is 2.02. The average Bonchev–Trinajstić information content (AvgIpc) is 2.82. The number of carbonyl (C=O) groups excluding carboxylic acids is 1. The van der Waals surface area contributed by atoms with Gasteiger partial charge in [-0.1, -0.05) is 25.0 Å². The summed E-state index contributed by atoms with van der Waals surface area (Å²) in [7, 11) is -1.50. The van der Waals surface area contributed by atoms with Crippen molar-refractivity contribution >= 4 is 24.2 Å². The van der Waals surface area contributed by atoms with Crippen molar-refractivity contribution in [2.75, 3.05) is 5.32 Å². The maximum absolute atomic E-state index is 11.9. The van der Waals surface area contributed by atoms with Gasteiger partial charge in [0.15, 0.2) is 0 Å². The molecule has 1 aliphatic carbocycles. The maximum Gasteiger partial charge on any atom is 0.488 e. The molecule has 0 aromatic heterocycles. The van der Waals surface area contributed by atoms with E-state index in [9.17, 15) is 4.79 Å². The van der Waals surface area contributed by atoms with Gasteiger partial charge in [0, 0.05) is 11.6 Å². The van der Waals surface area contributed by atoms with Gasteiger partial charge in [-0.15, -0.1) is 0 Å². The Bertz CT molecular complexity index is 402. The molecule has 2 rings (SSSR count). The van der Waals surface area contributed by atoms with Gasteiger partial charge >= 0.3 is 7.12 Å². The summed E-state index contributed by atoms with van der Waals surface area (Å²) in [5.74, 6) is 0.143. The first-order valence-electron chi connectivity index (χ1n) is 5.94. The van der Waals surface area contributed by atoms with Crippen LogP contribution in [0.25, 0.3) is 0 Å². The molecule has 0 heterocycles. The zero-order valence-corrected chi connectivity index (χ0v) is 9.60. The molecule has 1 fully saturated rings. The molecule has 1 aromatic rings. The van der Waals surface area contributed by atoms with Crippen LogP contribution in [0.2, 0.25) is 0 Å². The predicted octanol–water partition coefficient (Wildman–Crippen LogP) is 0.495. The molecule has 1 saturated carbocycles. The second-order valence-electron chi connectivity index (χ2n) is 4.47. The van der Waals surface area contributed by atoms with Crippen LogP contribution in [0.1, 0.15) is 25.7 Å². The second kappa shape index (κ2) is 5.34. The van der Waals surface area contributed by atoms with Crippen molar-refractivity contribution in [1.82, 2.24) is 0 Å². The summed E-state index contributed by atoms with van der Waals surface area (Å²) in [4.78, 5) is 11.9. The minimum absolute atomic E-state index is 0.0343. The first-order chi connectivity index (χ1) is 8.16. The van der Waals surface area contributed by atoms with E-state index >= 15 is 0 Å². The van der Waals surface area contributed by atoms with E-state index in [1.807, 2.05) is 0 Å². The smallest absolute Gasteiger partial charge is 0.423 e. The van der Waals surface area contributed by atoms with Crippen LogP contribution >= 0.6 is 0 Å². The Morgan fingerprint density at radius 2 is 2.00 bits per heavy atom. The number of hydrogen-bond acceptors (Lipinski definition) is 3. The van der Waals surface area contributed by atoms with Gasteiger partial charge in [0.05, 0.1) is 0 Å². The number of anilines is 1. The molecule has 5 heteroatoms. The molecule has 0 atom stereocenters. The summed E-state index contributed by atoms with van der Waals surface area (Å²) in [6, 6.07) is 6.63. The van der Waals surface area contributed by atoms with E-state index in [4.69, 9.17) is 10.0 Å². The Labute approximate surface area is 101 Å². The van der Waals surface area contributed by atoms with Gasteiger partial charge in [-0.2, -0.15) is 0 Å². The fourth-order valence-corrected chi connectivity index (χ4v) is 2.21. The summed E-state index contributed by atoms with van der Waals surface area (Å²) >= 11 is 0. The lowest BCUT2D eigenvalue weighted by atomic mass is 9.80. The lowest BCUT2D eigenvalue weighted by Crippen LogP contribution is -2.30. The molecule has 0 saturated heterocycles. The molecular weight excluding hydrogens is 217 g/mol. The van der Waals surface area contributed by atoms with Gasteiger partial charge in [-0.25, -0.2) is 0 Å². The molecule has 0 spiro atoms. The Morgan fingerprint density at radius 3 is 2.65 bits per heavy atom. The molecule has 1 aliphatic rings. The standard InChI is InChI=1S/C12H16BNO3/c15-12(9-4-1-2-5-9)14-11-7-3-6-10(8-11)13(16)17/h3,6-9,16-17H,1-2,4-5H2,(H,14,15). The molecule has 1 amide bonds. The van der Waals surface area contributed by atoms with Gasteiger partial charge in [0.25, 0.3) is 0 Å². The topological polar surface area (TPSA) is 69.6 Å². The molecule has 17 heavy (non-hydrogen) atoms. The fraction of sp³-hybridized carbons (Fsp3) is 0.417. The van der Waals surface area contributed by atoms with E-state index in [1.165, 1.54) is 0 Å². The zero-order valence-electron chi connectivity index (χ0n) is 9.60. The lowest BCUT2D eigenvalue weighted by molar-refractivity contribution is -0.119. The van der Waals surface area contributed by atoms with Crippen LogP contribution in [0.15, 0.2) is 24.3 Å². The van der Waals surface area contributed by atoms with Crippen LogP contribution in [0.5, 0.6) is 0 Å². The molecule has 3 N–H and O–H groups in total. The Morgan fingerprint density at radius 1 is 1.29 bits per heavy atom. The third kappa shape index (κ3) is 3.08. The van der Waals surface area contributed by atoms with E-state index in [2.05, 4.69) is 5.32 Å². The molecule has 0 unspecified atom stereocenters. The molecule has 4 nitrogen and oxygen atoms in total. The minimum atomic E-state index is -1.50. The van der Waals surface area contributed by atoms with Crippen molar-refractivity contribution in [3.8, 4) is 0 Å². The number of hydrogen-bond donors (Lipinski definition) is 3. The van der Waals surface area contributed by atoms with E-state index in [0.717, 1.165) is 25.7 Å². The number of amides is 1. The number of nitrogens with one attached hydrogen (secondary N) is 1. The highest BCUT2D eigenvalue weighted by molar-refractivity contribution is 6.58. The monoisotopic (exact) mass is 233 g/mol. The predicted molar refractivity (Wildman–Crippen MR) is 66.9 cm³/mol. The van der Waals surface area contributed by atoms with Crippen molar-refractivity contribution in [3.05, 3.63) is 24.3 Å². The largest absolute Gasteiger partial charge is 0.488 e. The van der Waals surface area contributed by atoms with Crippen LogP contribution in [0.3, 0.4) is 0 Å². The molecule has 90 valence electrons. The highest BCUT2D eigenvalue weighted by Gasteiger charge is 2.22. The summed E-state index contributed by atoms with van der Waals surface area (Å²) in [6.45, 7) is 0. The maximum atomic E-state index is 11.9. The SMILES string of the molecule is O=C(Nc1cccc(B(O)O)c1)C1CCCC1. The van der Waals surface area contributed by atoms with Gasteiger partial charge in [0.1, 0.15) is 0 Å². The zero-order chi connectivity index (χ0) is 12.3. The van der Waals surface area contributed by atoms with E-state index in [1.54, 1.807) is 24.3 Å². The molecule has 0 aliphatic heterocycles. The van der Waals surface area contributed by atoms with Gasteiger partial charge < -0.3 is 15.4 Å². The van der Waals surface area contributed by atoms with Crippen molar-refractivity contribution in [2.24, 2.45) is 5.92 Å². The van der Waals surface area contributed by atoms with Gasteiger partial charge in [-0.05, 0) is 30.4 Å². The fourth-order valence-electron chi connectivity index (χ4n) is 2.21. The first-order valence-corrected chi connectivity index (χ1v) is 5.94. The molecule has 0 bridgehead atoms. The van der Waals surface area contributed by atoms with Crippen LogP contribution < -0.4 is 10.8 Å². The molecule has 1 aromatic carbocycles. The van der Waals surface area contributed by atoms with Crippen LogP contribution in [-0.4, -0.2) is 23.1 Å². The van der Waals surface area contributed by atoms with Crippen LogP contribution in [0.4, 0.5) is 5.69 Å². The van der Waals surface area contributed by atoms with Crippen molar-refractivity contribution < 1.29 is 14.8 Å². The Hall–Kier alpha value is -1.33. The van der Waals surface area contributed by atoms with Crippen molar-refractivity contribution in [1.29, 1.82) is 0 Å². The summed E-state index contributed by atoms with van der Waals surface area (Å²) in [6.07, 6.45) is 4.14. The van der Waals surface area contributed by atoms with E-state index in [-0.39, 0.29) is 11.8 Å². The lowest BCUT2D eigenvalue weighted by Gasteiger charge is -2.11. The van der Waals surface area contributed by atoms with Crippen molar-refractivity contribution in [2.45, 2.75) is 25.7 Å². The third-order valence-electron chi connectivity index (χ3n) is 3.18. The number of benzene rings is 1. The summed E-state index contributed by atoms with van der Waals surface area (Å²) < 4.78 is 0. The number of carbonyl (C=O) groups is 1. The second-order valence-corrected chi connectivity index (χ2v) is 4.47. The number of rotatable bonds is 3. The van der Waals surface area contributed by atoms with Crippen molar-refractivity contribution in [3.63, 3.8) is 0 Å². The first kappa shape index (κ1) is 12.1. The Kier molecular flexibility index (Phi) is 3.81. The normalized spacial score (nSPS) is 15.9. The van der Waals surface area contributed by atoms with Crippen LogP contribution in [-0.2, 0) is 4.79 Å². The summed E-state index contributed by atoms with van der Waals surface area (Å²) in [5, 5.41) is 20.9. The van der Waals surface area contributed by atoms with Gasteiger partial charge in [0.2, 0.25) is 5.91 Å². The minimum Gasteiger partial charge on any atom is -0.423 e. The molecule has 0 radical (unpaired) electrons. The summed E-state index contributed by atoms with van der Waals surface area (Å²) in [5.41, 5.74) is 1.00. The highest BCUT2D eigenvalue weighted by atomic mass is 16.4. The highest BCUT2D eigenvalue weighted by Crippen LogP contribution is 2.25. The average molecular weight is 233 g/mol. The third-order valence-corrected chi connectivity index (χ3v) is 3.18. The van der Waals surface area contributed by atoms with E-state index < -0.39 is 7.12 Å². The molecular formula is C12H16BNO3. The van der Waals surface area contributed by atoms with Crippen LogP contribution in [0, 0.1) is 5.92 Å².